The molecule has 0 aromatic rings. The molecule has 0 aliphatic rings. The first-order chi connectivity index (χ1) is 7.62. The van der Waals surface area contributed by atoms with Crippen molar-refractivity contribution in [3.8, 4) is 6.07 Å². The van der Waals surface area contributed by atoms with Crippen molar-refractivity contribution in [2.45, 2.75) is 59.4 Å². The first-order valence-electron chi connectivity index (χ1n) is 6.32. The van der Waals surface area contributed by atoms with Crippen molar-refractivity contribution < 1.29 is 4.79 Å². The molecule has 0 aliphatic carbocycles. The van der Waals surface area contributed by atoms with Crippen LogP contribution in [-0.4, -0.2) is 23.4 Å². The lowest BCUT2D eigenvalue weighted by Crippen LogP contribution is -2.42. The van der Waals surface area contributed by atoms with E-state index in [1.54, 1.807) is 0 Å². The van der Waals surface area contributed by atoms with E-state index in [4.69, 9.17) is 5.26 Å². The Hall–Kier alpha value is -1.04. The van der Waals surface area contributed by atoms with Crippen LogP contribution in [0, 0.1) is 17.2 Å². The normalized spacial score (nSPS) is 13.9. The average Bonchev–Trinajstić information content (AvgIpc) is 2.30. The number of nitriles is 1. The molecule has 0 bridgehead atoms. The number of hydrogen-bond donors (Lipinski definition) is 0. The van der Waals surface area contributed by atoms with Gasteiger partial charge in [-0.05, 0) is 26.2 Å². The number of rotatable bonds is 7. The second-order valence-electron chi connectivity index (χ2n) is 4.23. The van der Waals surface area contributed by atoms with Gasteiger partial charge in [-0.25, -0.2) is 0 Å². The quantitative estimate of drug-likeness (QED) is 0.667. The topological polar surface area (TPSA) is 44.1 Å². The van der Waals surface area contributed by atoms with Gasteiger partial charge in [0.05, 0.1) is 6.07 Å². The Kier molecular flexibility index (Phi) is 7.62. The van der Waals surface area contributed by atoms with Gasteiger partial charge >= 0.3 is 0 Å². The highest BCUT2D eigenvalue weighted by Gasteiger charge is 2.25. The first kappa shape index (κ1) is 15.0. The molecule has 0 heterocycles. The van der Waals surface area contributed by atoms with Crippen LogP contribution < -0.4 is 0 Å². The van der Waals surface area contributed by atoms with Crippen LogP contribution >= 0.6 is 0 Å². The summed E-state index contributed by atoms with van der Waals surface area (Å²) in [6, 6.07) is 2.33. The average molecular weight is 224 g/mol. The zero-order valence-corrected chi connectivity index (χ0v) is 11.0. The van der Waals surface area contributed by atoms with Crippen molar-refractivity contribution in [2.24, 2.45) is 5.92 Å². The molecular weight excluding hydrogens is 200 g/mol. The molecule has 0 aromatic heterocycles. The van der Waals surface area contributed by atoms with E-state index in [0.717, 1.165) is 25.8 Å². The maximum atomic E-state index is 12.1. The molecule has 0 fully saturated rings. The highest BCUT2D eigenvalue weighted by Crippen LogP contribution is 2.13. The molecule has 2 atom stereocenters. The van der Waals surface area contributed by atoms with Crippen LogP contribution in [0.2, 0.25) is 0 Å². The zero-order valence-electron chi connectivity index (χ0n) is 11.0. The van der Waals surface area contributed by atoms with E-state index < -0.39 is 5.92 Å². The Labute approximate surface area is 99.4 Å². The van der Waals surface area contributed by atoms with E-state index in [-0.39, 0.29) is 11.9 Å². The lowest BCUT2D eigenvalue weighted by atomic mass is 10.0. The van der Waals surface area contributed by atoms with Crippen molar-refractivity contribution in [3.05, 3.63) is 0 Å². The van der Waals surface area contributed by atoms with Gasteiger partial charge in [0.15, 0.2) is 0 Å². The van der Waals surface area contributed by atoms with E-state index in [9.17, 15) is 4.79 Å². The van der Waals surface area contributed by atoms with Crippen LogP contribution in [0.1, 0.15) is 53.4 Å². The van der Waals surface area contributed by atoms with Crippen molar-refractivity contribution in [2.75, 3.05) is 6.54 Å². The van der Waals surface area contributed by atoms with Gasteiger partial charge in [0.25, 0.3) is 0 Å². The minimum Gasteiger partial charge on any atom is -0.339 e. The number of carbonyl (C=O) groups is 1. The lowest BCUT2D eigenvalue weighted by molar-refractivity contribution is -0.136. The van der Waals surface area contributed by atoms with E-state index in [1.807, 2.05) is 11.8 Å². The summed E-state index contributed by atoms with van der Waals surface area (Å²) >= 11 is 0. The van der Waals surface area contributed by atoms with Gasteiger partial charge in [0.2, 0.25) is 5.91 Å². The Morgan fingerprint density at radius 1 is 1.31 bits per heavy atom. The number of amides is 1. The van der Waals surface area contributed by atoms with Crippen LogP contribution in [0.5, 0.6) is 0 Å². The first-order valence-corrected chi connectivity index (χ1v) is 6.32. The highest BCUT2D eigenvalue weighted by molar-refractivity contribution is 5.81. The molecule has 0 spiro atoms. The summed E-state index contributed by atoms with van der Waals surface area (Å²) in [5, 5.41) is 8.93. The number of hydrogen-bond acceptors (Lipinski definition) is 2. The predicted molar refractivity (Wildman–Crippen MR) is 65.8 cm³/mol. The maximum Gasteiger partial charge on any atom is 0.240 e. The summed E-state index contributed by atoms with van der Waals surface area (Å²) in [5.74, 6) is -0.460. The summed E-state index contributed by atoms with van der Waals surface area (Å²) in [4.78, 5) is 14.0. The molecule has 0 N–H and O–H groups in total. The van der Waals surface area contributed by atoms with Crippen LogP contribution in [0.3, 0.4) is 0 Å². The molecule has 3 nitrogen and oxygen atoms in total. The van der Waals surface area contributed by atoms with Gasteiger partial charge in [-0.2, -0.15) is 5.26 Å². The fraction of sp³-hybridized carbons (Fsp3) is 0.846. The third kappa shape index (κ3) is 4.22. The van der Waals surface area contributed by atoms with Crippen LogP contribution in [0.15, 0.2) is 0 Å². The van der Waals surface area contributed by atoms with Crippen molar-refractivity contribution in [3.63, 3.8) is 0 Å². The molecular formula is C13H24N2O. The standard InChI is InChI=1S/C13H24N2O/c1-5-8-9-15(11(4)6-2)13(16)12(7-3)10-14/h11-12H,5-9H2,1-4H3. The molecule has 0 aliphatic heterocycles. The van der Waals surface area contributed by atoms with E-state index in [1.165, 1.54) is 0 Å². The SMILES string of the molecule is CCCCN(C(=O)C(C#N)CC)C(C)CC. The minimum atomic E-state index is -0.467. The van der Waals surface area contributed by atoms with E-state index in [0.29, 0.717) is 6.42 Å². The van der Waals surface area contributed by atoms with Crippen molar-refractivity contribution in [1.29, 1.82) is 5.26 Å². The van der Waals surface area contributed by atoms with Crippen LogP contribution in [0.25, 0.3) is 0 Å². The molecule has 2 unspecified atom stereocenters. The molecule has 0 saturated carbocycles. The predicted octanol–water partition coefficient (Wildman–Crippen LogP) is 2.96. The van der Waals surface area contributed by atoms with Crippen molar-refractivity contribution >= 4 is 5.91 Å². The summed E-state index contributed by atoms with van der Waals surface area (Å²) in [6.07, 6.45) is 3.63. The fourth-order valence-corrected chi connectivity index (χ4v) is 1.62. The lowest BCUT2D eigenvalue weighted by Gasteiger charge is -2.30. The molecule has 0 radical (unpaired) electrons. The number of unbranched alkanes of at least 4 members (excludes halogenated alkanes) is 1. The molecule has 92 valence electrons. The fourth-order valence-electron chi connectivity index (χ4n) is 1.62. The van der Waals surface area contributed by atoms with Gasteiger partial charge in [-0.15, -0.1) is 0 Å². The minimum absolute atomic E-state index is 0.00722. The maximum absolute atomic E-state index is 12.1. The molecule has 0 aromatic carbocycles. The molecule has 16 heavy (non-hydrogen) atoms. The molecule has 0 saturated heterocycles. The molecule has 0 rings (SSSR count). The van der Waals surface area contributed by atoms with E-state index >= 15 is 0 Å². The second kappa shape index (κ2) is 8.15. The van der Waals surface area contributed by atoms with Crippen molar-refractivity contribution in [1.82, 2.24) is 4.90 Å². The highest BCUT2D eigenvalue weighted by atomic mass is 16.2. The zero-order chi connectivity index (χ0) is 12.6. The summed E-state index contributed by atoms with van der Waals surface area (Å²) in [7, 11) is 0. The summed E-state index contributed by atoms with van der Waals surface area (Å²) in [5.41, 5.74) is 0. The second-order valence-corrected chi connectivity index (χ2v) is 4.23. The molecule has 3 heteroatoms. The van der Waals surface area contributed by atoms with Gasteiger partial charge in [0, 0.05) is 12.6 Å². The smallest absolute Gasteiger partial charge is 0.240 e. The molecule has 1 amide bonds. The van der Waals surface area contributed by atoms with Gasteiger partial charge in [-0.1, -0.05) is 27.2 Å². The monoisotopic (exact) mass is 224 g/mol. The Bertz CT molecular complexity index is 245. The van der Waals surface area contributed by atoms with E-state index in [2.05, 4.69) is 26.8 Å². The number of carbonyl (C=O) groups excluding carboxylic acids is 1. The summed E-state index contributed by atoms with van der Waals surface area (Å²) in [6.45, 7) is 8.91. The van der Waals surface area contributed by atoms with Gasteiger partial charge in [0.1, 0.15) is 5.92 Å². The third-order valence-corrected chi connectivity index (χ3v) is 3.02. The largest absolute Gasteiger partial charge is 0.339 e. The Balaban J connectivity index is 4.61. The van der Waals surface area contributed by atoms with Gasteiger partial charge in [-0.3, -0.25) is 4.79 Å². The third-order valence-electron chi connectivity index (χ3n) is 3.02. The number of nitrogens with zero attached hydrogens (tertiary/aromatic N) is 2. The summed E-state index contributed by atoms with van der Waals surface area (Å²) < 4.78 is 0. The Morgan fingerprint density at radius 3 is 2.31 bits per heavy atom. The van der Waals surface area contributed by atoms with Gasteiger partial charge < -0.3 is 4.90 Å². The van der Waals surface area contributed by atoms with Crippen LogP contribution in [0.4, 0.5) is 0 Å². The van der Waals surface area contributed by atoms with Crippen LogP contribution in [-0.2, 0) is 4.79 Å². The Morgan fingerprint density at radius 2 is 1.94 bits per heavy atom.